The molecule has 0 saturated carbocycles. The van der Waals surface area contributed by atoms with Gasteiger partial charge in [-0.3, -0.25) is 0 Å². The van der Waals surface area contributed by atoms with E-state index in [0.29, 0.717) is 34.3 Å². The van der Waals surface area contributed by atoms with E-state index in [2.05, 4.69) is 0 Å². The molecular formula is C18H17ClO5. The number of esters is 1. The van der Waals surface area contributed by atoms with E-state index in [-0.39, 0.29) is 13.4 Å². The number of carbonyl (C=O) groups excluding carboxylic acids is 1. The summed E-state index contributed by atoms with van der Waals surface area (Å²) in [5, 5.41) is 0.547. The minimum absolute atomic E-state index is 0.0674. The van der Waals surface area contributed by atoms with Crippen LogP contribution in [0.15, 0.2) is 30.3 Å². The fourth-order valence-corrected chi connectivity index (χ4v) is 2.80. The van der Waals surface area contributed by atoms with Gasteiger partial charge in [0.1, 0.15) is 18.1 Å². The van der Waals surface area contributed by atoms with Crippen molar-refractivity contribution in [2.45, 2.75) is 20.1 Å². The minimum Gasteiger partial charge on any atom is -0.496 e. The van der Waals surface area contributed by atoms with E-state index in [9.17, 15) is 4.79 Å². The van der Waals surface area contributed by atoms with E-state index < -0.39 is 5.97 Å². The van der Waals surface area contributed by atoms with Gasteiger partial charge in [-0.2, -0.15) is 0 Å². The lowest BCUT2D eigenvalue weighted by atomic mass is 10.1. The zero-order valence-electron chi connectivity index (χ0n) is 13.4. The van der Waals surface area contributed by atoms with Crippen molar-refractivity contribution in [3.8, 4) is 11.5 Å². The molecule has 0 radical (unpaired) electrons. The molecule has 0 amide bonds. The van der Waals surface area contributed by atoms with Crippen LogP contribution in [0, 0.1) is 6.92 Å². The van der Waals surface area contributed by atoms with Crippen molar-refractivity contribution in [3.05, 3.63) is 57.6 Å². The summed E-state index contributed by atoms with van der Waals surface area (Å²) in [6.45, 7) is 2.57. The van der Waals surface area contributed by atoms with E-state index in [1.54, 1.807) is 31.4 Å². The number of carbonyl (C=O) groups is 1. The second kappa shape index (κ2) is 7.11. The first-order valence-electron chi connectivity index (χ1n) is 7.42. The van der Waals surface area contributed by atoms with Gasteiger partial charge in [-0.25, -0.2) is 4.79 Å². The maximum atomic E-state index is 12.3. The van der Waals surface area contributed by atoms with Crippen molar-refractivity contribution in [1.82, 2.24) is 0 Å². The first kappa shape index (κ1) is 16.6. The highest BCUT2D eigenvalue weighted by Crippen LogP contribution is 2.32. The topological polar surface area (TPSA) is 54.0 Å². The Morgan fingerprint density at radius 2 is 2.12 bits per heavy atom. The molecule has 0 atom stereocenters. The average molecular weight is 349 g/mol. The van der Waals surface area contributed by atoms with Crippen LogP contribution in [0.2, 0.25) is 5.02 Å². The highest BCUT2D eigenvalue weighted by molar-refractivity contribution is 6.30. The molecule has 0 unspecified atom stereocenters. The van der Waals surface area contributed by atoms with Crippen molar-refractivity contribution in [1.29, 1.82) is 0 Å². The predicted octanol–water partition coefficient (Wildman–Crippen LogP) is 3.88. The molecule has 0 aliphatic carbocycles. The van der Waals surface area contributed by atoms with Gasteiger partial charge >= 0.3 is 5.97 Å². The molecule has 3 rings (SSSR count). The third-order valence-electron chi connectivity index (χ3n) is 3.75. The number of hydrogen-bond donors (Lipinski definition) is 0. The van der Waals surface area contributed by atoms with Gasteiger partial charge in [0.2, 0.25) is 0 Å². The molecule has 0 spiro atoms. The van der Waals surface area contributed by atoms with Crippen LogP contribution < -0.4 is 9.47 Å². The fourth-order valence-electron chi connectivity index (χ4n) is 2.54. The SMILES string of the molecule is COc1cc(C(=O)OCc2cc(Cl)cc3c2OCOC3)ccc1C. The second-order valence-corrected chi connectivity index (χ2v) is 5.86. The van der Waals surface area contributed by atoms with Crippen molar-refractivity contribution in [2.24, 2.45) is 0 Å². The van der Waals surface area contributed by atoms with Crippen molar-refractivity contribution in [3.63, 3.8) is 0 Å². The summed E-state index contributed by atoms with van der Waals surface area (Å²) < 4.78 is 21.4. The van der Waals surface area contributed by atoms with Crippen LogP contribution in [-0.4, -0.2) is 19.9 Å². The summed E-state index contributed by atoms with van der Waals surface area (Å²) in [6.07, 6.45) is 0. The zero-order chi connectivity index (χ0) is 17.1. The number of hydrogen-bond acceptors (Lipinski definition) is 5. The van der Waals surface area contributed by atoms with Crippen LogP contribution in [-0.2, 0) is 22.7 Å². The molecule has 0 saturated heterocycles. The summed E-state index contributed by atoms with van der Waals surface area (Å²) in [7, 11) is 1.56. The Labute approximate surface area is 145 Å². The van der Waals surface area contributed by atoms with Gasteiger partial charge < -0.3 is 18.9 Å². The lowest BCUT2D eigenvalue weighted by molar-refractivity contribution is -0.0180. The number of halogens is 1. The zero-order valence-corrected chi connectivity index (χ0v) is 14.2. The fraction of sp³-hybridized carbons (Fsp3) is 0.278. The van der Waals surface area contributed by atoms with E-state index in [1.807, 2.05) is 13.0 Å². The number of methoxy groups -OCH3 is 1. The molecule has 24 heavy (non-hydrogen) atoms. The van der Waals surface area contributed by atoms with Crippen LogP contribution >= 0.6 is 11.6 Å². The molecule has 1 heterocycles. The Kier molecular flexibility index (Phi) is 4.92. The molecule has 0 bridgehead atoms. The second-order valence-electron chi connectivity index (χ2n) is 5.42. The Hall–Kier alpha value is -2.24. The minimum atomic E-state index is -0.436. The first-order chi connectivity index (χ1) is 11.6. The first-order valence-corrected chi connectivity index (χ1v) is 7.80. The molecule has 2 aromatic carbocycles. The summed E-state index contributed by atoms with van der Waals surface area (Å²) in [5.74, 6) is 0.874. The van der Waals surface area contributed by atoms with Crippen molar-refractivity contribution >= 4 is 17.6 Å². The normalized spacial score (nSPS) is 13.0. The maximum Gasteiger partial charge on any atom is 0.338 e. The molecule has 2 aromatic rings. The maximum absolute atomic E-state index is 12.3. The van der Waals surface area contributed by atoms with Gasteiger partial charge in [0.25, 0.3) is 0 Å². The number of fused-ring (bicyclic) bond motifs is 1. The number of benzene rings is 2. The van der Waals surface area contributed by atoms with Crippen LogP contribution in [0.25, 0.3) is 0 Å². The molecule has 0 aromatic heterocycles. The van der Waals surface area contributed by atoms with Gasteiger partial charge in [0.15, 0.2) is 6.79 Å². The molecule has 126 valence electrons. The Morgan fingerprint density at radius 1 is 1.29 bits per heavy atom. The predicted molar refractivity (Wildman–Crippen MR) is 88.6 cm³/mol. The van der Waals surface area contributed by atoms with Crippen LogP contribution in [0.3, 0.4) is 0 Å². The largest absolute Gasteiger partial charge is 0.496 e. The third-order valence-corrected chi connectivity index (χ3v) is 3.97. The van der Waals surface area contributed by atoms with E-state index in [4.69, 9.17) is 30.5 Å². The summed E-state index contributed by atoms with van der Waals surface area (Å²) in [4.78, 5) is 12.3. The van der Waals surface area contributed by atoms with Crippen LogP contribution in [0.1, 0.15) is 27.0 Å². The summed E-state index contributed by atoms with van der Waals surface area (Å²) in [5.41, 5.74) is 2.94. The monoisotopic (exact) mass is 348 g/mol. The summed E-state index contributed by atoms with van der Waals surface area (Å²) >= 11 is 6.10. The molecule has 1 aliphatic heterocycles. The van der Waals surface area contributed by atoms with E-state index >= 15 is 0 Å². The van der Waals surface area contributed by atoms with Gasteiger partial charge in [-0.15, -0.1) is 0 Å². The molecule has 6 heteroatoms. The highest BCUT2D eigenvalue weighted by Gasteiger charge is 2.18. The average Bonchev–Trinajstić information content (AvgIpc) is 2.59. The van der Waals surface area contributed by atoms with Gasteiger partial charge in [-0.1, -0.05) is 17.7 Å². The lowest BCUT2D eigenvalue weighted by Gasteiger charge is -2.21. The quantitative estimate of drug-likeness (QED) is 0.785. The van der Waals surface area contributed by atoms with Crippen LogP contribution in [0.5, 0.6) is 11.5 Å². The highest BCUT2D eigenvalue weighted by atomic mass is 35.5. The molecule has 1 aliphatic rings. The van der Waals surface area contributed by atoms with Crippen molar-refractivity contribution in [2.75, 3.05) is 13.9 Å². The Balaban J connectivity index is 1.76. The number of rotatable bonds is 4. The van der Waals surface area contributed by atoms with Gasteiger partial charge in [0.05, 0.1) is 19.3 Å². The molecule has 0 N–H and O–H groups in total. The number of ether oxygens (including phenoxy) is 4. The van der Waals surface area contributed by atoms with Gasteiger partial charge in [0, 0.05) is 16.1 Å². The molecule has 5 nitrogen and oxygen atoms in total. The van der Waals surface area contributed by atoms with E-state index in [0.717, 1.165) is 11.1 Å². The van der Waals surface area contributed by atoms with E-state index in [1.165, 1.54) is 0 Å². The van der Waals surface area contributed by atoms with Crippen molar-refractivity contribution < 1.29 is 23.7 Å². The lowest BCUT2D eigenvalue weighted by Crippen LogP contribution is -2.14. The standard InChI is InChI=1S/C18H17ClO5/c1-11-3-4-12(7-16(11)21-2)18(20)23-9-14-6-15(19)5-13-8-22-10-24-17(13)14/h3-7H,8-10H2,1-2H3. The number of aryl methyl sites for hydroxylation is 1. The smallest absolute Gasteiger partial charge is 0.338 e. The summed E-state index contributed by atoms with van der Waals surface area (Å²) in [6, 6.07) is 8.70. The Bertz CT molecular complexity index is 772. The van der Waals surface area contributed by atoms with Gasteiger partial charge in [-0.05, 0) is 36.8 Å². The molecular weight excluding hydrogens is 332 g/mol. The Morgan fingerprint density at radius 3 is 2.92 bits per heavy atom. The third kappa shape index (κ3) is 3.47. The molecule has 0 fully saturated rings. The van der Waals surface area contributed by atoms with Crippen LogP contribution in [0.4, 0.5) is 0 Å².